The quantitative estimate of drug-likeness (QED) is 0.0290. The molecule has 0 spiro atoms. The zero-order valence-corrected chi connectivity index (χ0v) is 84.4. The van der Waals surface area contributed by atoms with Crippen LogP contribution in [0.25, 0.3) is 0 Å². The number of likely N-dealkylation sites (tertiary alicyclic amines) is 1. The molecule has 138 heavy (non-hydrogen) atoms. The molecule has 1 fully saturated rings. The first-order chi connectivity index (χ1) is 63.2. The van der Waals surface area contributed by atoms with Crippen LogP contribution in [0.4, 0.5) is 0 Å². The molecule has 774 valence electrons. The van der Waals surface area contributed by atoms with E-state index in [9.17, 15) is 115 Å². The van der Waals surface area contributed by atoms with Crippen molar-refractivity contribution in [3.63, 3.8) is 0 Å². The highest BCUT2D eigenvalue weighted by atomic mass is 16.3. The van der Waals surface area contributed by atoms with Crippen molar-refractivity contribution in [3.8, 4) is 0 Å². The Morgan fingerprint density at radius 3 is 1.22 bits per heavy atom. The number of benzene rings is 1. The molecule has 23 amide bonds. The maximum absolute atomic E-state index is 14.6. The van der Waals surface area contributed by atoms with Crippen molar-refractivity contribution in [2.24, 2.45) is 35.0 Å². The van der Waals surface area contributed by atoms with E-state index >= 15 is 0 Å². The van der Waals surface area contributed by atoms with Crippen LogP contribution < -0.4 is 118 Å². The van der Waals surface area contributed by atoms with Crippen molar-refractivity contribution >= 4 is 136 Å². The van der Waals surface area contributed by atoms with Crippen LogP contribution in [0.3, 0.4) is 0 Å². The number of nitrogens with one attached hydrogen (secondary N) is 19. The monoisotopic (exact) mass is 1950 g/mol. The molecule has 0 aliphatic carbocycles. The van der Waals surface area contributed by atoms with E-state index in [1.807, 2.05) is 0 Å². The van der Waals surface area contributed by atoms with Gasteiger partial charge in [0, 0.05) is 32.7 Å². The first kappa shape index (κ1) is 121. The predicted octanol–water partition coefficient (Wildman–Crippen LogP) is -5.04. The second kappa shape index (κ2) is 52.0. The number of carbonyl (C=O) groups is 23. The third-order valence-electron chi connectivity index (χ3n) is 22.7. The lowest BCUT2D eigenvalue weighted by Gasteiger charge is -2.36. The lowest BCUT2D eigenvalue weighted by Crippen LogP contribution is -2.66. The molecule has 12 atom stereocenters. The van der Waals surface area contributed by atoms with Crippen LogP contribution in [0.15, 0.2) is 30.3 Å². The van der Waals surface area contributed by atoms with Crippen molar-refractivity contribution in [1.82, 2.24) is 106 Å². The van der Waals surface area contributed by atoms with Gasteiger partial charge in [-0.3, -0.25) is 110 Å². The average Bonchev–Trinajstić information content (AvgIpc) is 1.36. The van der Waals surface area contributed by atoms with Crippen LogP contribution in [-0.2, 0) is 117 Å². The molecule has 0 saturated carbocycles. The molecule has 0 aromatic heterocycles. The summed E-state index contributed by atoms with van der Waals surface area (Å²) < 4.78 is 0. The normalized spacial score (nSPS) is 15.5. The second-order valence-electron chi connectivity index (χ2n) is 40.1. The Hall–Kier alpha value is -13.0. The third kappa shape index (κ3) is 38.9. The number of amides is 23. The molecule has 1 aromatic carbocycles. The van der Waals surface area contributed by atoms with Crippen molar-refractivity contribution in [2.75, 3.05) is 19.7 Å². The minimum atomic E-state index is -1.92. The number of nitrogens with two attached hydrogens (primary N) is 3. The summed E-state index contributed by atoms with van der Waals surface area (Å²) in [5, 5.41) is 58.2. The van der Waals surface area contributed by atoms with Crippen molar-refractivity contribution in [1.29, 1.82) is 0 Å². The summed E-state index contributed by atoms with van der Waals surface area (Å²) in [4.78, 5) is 313. The Bertz CT molecular complexity index is 4620. The van der Waals surface area contributed by atoms with E-state index < -0.39 is 297 Å². The predicted molar refractivity (Wildman–Crippen MR) is 504 cm³/mol. The van der Waals surface area contributed by atoms with Gasteiger partial charge in [-0.2, -0.15) is 0 Å². The van der Waals surface area contributed by atoms with Gasteiger partial charge in [-0.1, -0.05) is 78.3 Å². The van der Waals surface area contributed by atoms with E-state index in [0.29, 0.717) is 6.42 Å². The maximum Gasteiger partial charge on any atom is 0.248 e. The van der Waals surface area contributed by atoms with Crippen LogP contribution in [0.1, 0.15) is 250 Å². The Morgan fingerprint density at radius 2 is 0.768 bits per heavy atom. The van der Waals surface area contributed by atoms with Gasteiger partial charge in [0.25, 0.3) is 0 Å². The van der Waals surface area contributed by atoms with E-state index in [-0.39, 0.29) is 51.0 Å². The highest BCUT2D eigenvalue weighted by molar-refractivity contribution is 6.05. The van der Waals surface area contributed by atoms with Crippen LogP contribution in [-0.4, -0.2) is 276 Å². The topological polar surface area (TPSA) is 723 Å². The SMILES string of the molecule is CC[C@H](C)[C@H](NC(=O)C(C)(C)NC(=O)[C@H](CCC(N)=O)NC(=O)C(C)(C)NC(=O)C(C)(C)NC(=O)[C@H](C)NC(=O)[C@H](C)NC(=O)[C@H](C)NC(=O)C(C)(C)NC(C)=O)C(=O)NC(C)(C)C(=O)NCC(=O)N[C@@H](CC(C)C)C(=O)NC(C)(C)C(=O)N1CCC[C@H]1C(=O)N[C@H](C(=O)NC(C)(C)C(=O)NC(C)(C)C(=O)N[C@@H](CCC(N)=O)C(=O)N[C@@H](CCC(N)=O)C(=O)N[C@H](CO)Cc1ccccc1)C(C)C. The molecule has 1 saturated heterocycles. The molecule has 26 N–H and O–H groups in total. The van der Waals surface area contributed by atoms with Gasteiger partial charge < -0.3 is 128 Å². The standard InChI is InChI=1S/C91H151N23O24/c1-27-48(6)65(105-80(135)86(15,16)108-71(126)57(37-40-62(94)119)103-79(134)88(19,20)112-81(136)89(21,22)107-68(123)51(9)97-66(121)49(7)96-67(122)50(8)98-77(132)85(13,14)106-52(10)116)75(130)111-84(11,12)76(131)95-44-63(120)100-58(42-46(2)3)72(127)109-91(25,26)83(138)114-41-31-34-59(114)73(128)104-64(47(4)5)74(129)110-90(23,24)82(137)113-87(17,18)78(133)102-56(36-39-61(93)118)70(125)101-55(35-38-60(92)117)69(124)99-54(45-115)43-53-32-29-28-30-33-53/h28-30,32-33,46-51,54-59,64-65,115H,27,31,34-45H2,1-26H3,(H2,92,117)(H2,93,118)(H2,94,119)(H,95,131)(H,96,122)(H,97,121)(H,98,132)(H,99,124)(H,100,120)(H,101,125)(H,102,133)(H,103,134)(H,104,128)(H,105,135)(H,106,116)(H,107,123)(H,108,126)(H,109,127)(H,110,129)(H,111,130)(H,112,136)(H,113,137)/t48-,49-,50-,51-,54-,55-,56-,57-,58-,59-,64-,65-/m0/s1. The summed E-state index contributed by atoms with van der Waals surface area (Å²) in [5.74, 6) is -21.3. The van der Waals surface area contributed by atoms with E-state index in [1.54, 1.807) is 71.9 Å². The zero-order chi connectivity index (χ0) is 106. The van der Waals surface area contributed by atoms with Crippen LogP contribution >= 0.6 is 0 Å². The fourth-order valence-electron chi connectivity index (χ4n) is 13.8. The van der Waals surface area contributed by atoms with Crippen LogP contribution in [0.2, 0.25) is 0 Å². The number of nitrogens with zero attached hydrogens (tertiary/aromatic N) is 1. The molecular weight excluding hydrogens is 1800 g/mol. The summed E-state index contributed by atoms with van der Waals surface area (Å²) in [7, 11) is 0. The van der Waals surface area contributed by atoms with Crippen molar-refractivity contribution in [2.45, 2.75) is 361 Å². The molecule has 47 heteroatoms. The molecule has 1 aliphatic heterocycles. The summed E-state index contributed by atoms with van der Waals surface area (Å²) in [6.45, 7) is 34.9. The highest BCUT2D eigenvalue weighted by Gasteiger charge is 2.48. The van der Waals surface area contributed by atoms with E-state index in [1.165, 1.54) is 143 Å². The minimum Gasteiger partial charge on any atom is -0.394 e. The number of primary amides is 3. The van der Waals surface area contributed by atoms with E-state index in [4.69, 9.17) is 17.2 Å². The van der Waals surface area contributed by atoms with Crippen LogP contribution in [0.5, 0.6) is 0 Å². The molecule has 0 radical (unpaired) electrons. The summed E-state index contributed by atoms with van der Waals surface area (Å²) >= 11 is 0. The van der Waals surface area contributed by atoms with Gasteiger partial charge in [0.1, 0.15) is 105 Å². The summed E-state index contributed by atoms with van der Waals surface area (Å²) in [6.07, 6.45) is -1.54. The fraction of sp³-hybridized carbons (Fsp3) is 0.681. The number of hydrogen-bond donors (Lipinski definition) is 23. The number of carbonyl (C=O) groups excluding carboxylic acids is 23. The van der Waals surface area contributed by atoms with Gasteiger partial charge >= 0.3 is 0 Å². The van der Waals surface area contributed by atoms with Gasteiger partial charge in [-0.25, -0.2) is 0 Å². The maximum atomic E-state index is 14.6. The molecule has 1 aliphatic rings. The molecule has 1 aromatic rings. The second-order valence-corrected chi connectivity index (χ2v) is 40.1. The zero-order valence-electron chi connectivity index (χ0n) is 84.4. The van der Waals surface area contributed by atoms with Gasteiger partial charge in [-0.05, 0) is 200 Å². The first-order valence-electron chi connectivity index (χ1n) is 45.9. The van der Waals surface area contributed by atoms with Gasteiger partial charge in [0.15, 0.2) is 0 Å². The lowest BCUT2D eigenvalue weighted by molar-refractivity contribution is -0.146. The number of aliphatic hydroxyl groups is 1. The minimum absolute atomic E-state index is 0.00620. The highest BCUT2D eigenvalue weighted by Crippen LogP contribution is 2.25. The average molecular weight is 1950 g/mol. The summed E-state index contributed by atoms with van der Waals surface area (Å²) in [6, 6.07) is -5.63. The van der Waals surface area contributed by atoms with Crippen molar-refractivity contribution < 1.29 is 115 Å². The van der Waals surface area contributed by atoms with Crippen LogP contribution in [0, 0.1) is 17.8 Å². The van der Waals surface area contributed by atoms with E-state index in [2.05, 4.69) is 101 Å². The Balaban J connectivity index is 2.20. The third-order valence-corrected chi connectivity index (χ3v) is 22.7. The van der Waals surface area contributed by atoms with Gasteiger partial charge in [0.05, 0.1) is 19.2 Å². The van der Waals surface area contributed by atoms with Gasteiger partial charge in [-0.15, -0.1) is 0 Å². The largest absolute Gasteiger partial charge is 0.394 e. The first-order valence-corrected chi connectivity index (χ1v) is 45.9. The Morgan fingerprint density at radius 1 is 0.391 bits per heavy atom. The Kier molecular flexibility index (Phi) is 45.6. The number of aliphatic hydroxyl groups excluding tert-OH is 1. The number of rotatable bonds is 55. The van der Waals surface area contributed by atoms with E-state index in [0.717, 1.165) is 5.56 Å². The molecule has 1 heterocycles. The molecule has 2 rings (SSSR count). The molecule has 0 unspecified atom stereocenters. The number of hydrogen-bond acceptors (Lipinski definition) is 24. The summed E-state index contributed by atoms with van der Waals surface area (Å²) in [5.41, 5.74) is 2.70. The Labute approximate surface area is 805 Å². The lowest BCUT2D eigenvalue weighted by atomic mass is 9.94. The smallest absolute Gasteiger partial charge is 0.248 e. The molecular formula is C91H151N23O24. The fourth-order valence-corrected chi connectivity index (χ4v) is 13.8. The van der Waals surface area contributed by atoms with Gasteiger partial charge in [0.2, 0.25) is 136 Å². The molecule has 47 nitrogen and oxygen atoms in total. The molecule has 0 bridgehead atoms. The van der Waals surface area contributed by atoms with Crippen molar-refractivity contribution in [3.05, 3.63) is 35.9 Å².